The van der Waals surface area contributed by atoms with Gasteiger partial charge >= 0.3 is 0 Å². The lowest BCUT2D eigenvalue weighted by Crippen LogP contribution is -2.02. The van der Waals surface area contributed by atoms with Gasteiger partial charge in [-0.25, -0.2) is 0 Å². The van der Waals surface area contributed by atoms with Crippen molar-refractivity contribution in [3.05, 3.63) is 48.4 Å². The molecule has 0 saturated heterocycles. The topological polar surface area (TPSA) is 66.0 Å². The van der Waals surface area contributed by atoms with Crippen molar-refractivity contribution in [1.82, 2.24) is 14.8 Å². The molecule has 0 atom stereocenters. The zero-order valence-electron chi connectivity index (χ0n) is 11.3. The maximum atomic E-state index is 5.94. The first-order valence-electron chi connectivity index (χ1n) is 6.47. The molecule has 0 unspecified atom stereocenters. The number of hydrogen-bond acceptors (Lipinski definition) is 4. The maximum Gasteiger partial charge on any atom is 0.145 e. The van der Waals surface area contributed by atoms with E-state index in [0.717, 1.165) is 28.6 Å². The number of pyridine rings is 1. The van der Waals surface area contributed by atoms with E-state index in [9.17, 15) is 0 Å². The Morgan fingerprint density at radius 3 is 3.00 bits per heavy atom. The lowest BCUT2D eigenvalue weighted by Gasteiger charge is -2.09. The first kappa shape index (κ1) is 12.5. The molecule has 0 saturated carbocycles. The smallest absolute Gasteiger partial charge is 0.145 e. The number of nitrogens with zero attached hydrogens (tertiary/aromatic N) is 3. The lowest BCUT2D eigenvalue weighted by molar-refractivity contribution is 0.325. The van der Waals surface area contributed by atoms with Crippen LogP contribution in [0, 0.1) is 0 Å². The number of rotatable bonds is 4. The summed E-state index contributed by atoms with van der Waals surface area (Å²) in [5.41, 5.74) is 8.61. The summed E-state index contributed by atoms with van der Waals surface area (Å²) < 4.78 is 7.62. The quantitative estimate of drug-likeness (QED) is 0.736. The Hall–Kier alpha value is -2.56. The van der Waals surface area contributed by atoms with Gasteiger partial charge in [0.05, 0.1) is 12.8 Å². The summed E-state index contributed by atoms with van der Waals surface area (Å²) in [5, 5.41) is 5.06. The first-order valence-corrected chi connectivity index (χ1v) is 6.47. The number of fused-ring (bicyclic) bond motifs is 1. The Kier molecular flexibility index (Phi) is 3.25. The minimum Gasteiger partial charge on any atom is -0.491 e. The number of nitrogens with two attached hydrogens (primary N) is 1. The zero-order valence-corrected chi connectivity index (χ0v) is 11.3. The van der Waals surface area contributed by atoms with Gasteiger partial charge in [0, 0.05) is 36.9 Å². The van der Waals surface area contributed by atoms with Crippen molar-refractivity contribution in [2.75, 3.05) is 12.3 Å². The number of aromatic nitrogens is 3. The van der Waals surface area contributed by atoms with Crippen LogP contribution in [0.3, 0.4) is 0 Å². The van der Waals surface area contributed by atoms with Crippen LogP contribution in [0.2, 0.25) is 0 Å². The van der Waals surface area contributed by atoms with Crippen molar-refractivity contribution >= 4 is 16.6 Å². The summed E-state index contributed by atoms with van der Waals surface area (Å²) in [6, 6.07) is 7.54. The molecule has 102 valence electrons. The van der Waals surface area contributed by atoms with Crippen LogP contribution < -0.4 is 10.5 Å². The third kappa shape index (κ3) is 2.42. The van der Waals surface area contributed by atoms with E-state index in [2.05, 4.69) is 10.1 Å². The standard InChI is InChI=1S/C15H16N4O/c1-19-10-11(9-18-19)6-8-20-14-5-4-13(16)12-3-2-7-17-15(12)14/h2-5,7,9-10H,6,8,16H2,1H3. The van der Waals surface area contributed by atoms with Crippen molar-refractivity contribution in [2.45, 2.75) is 6.42 Å². The lowest BCUT2D eigenvalue weighted by atomic mass is 10.1. The van der Waals surface area contributed by atoms with Crippen molar-refractivity contribution in [3.8, 4) is 5.75 Å². The molecule has 2 aromatic heterocycles. The van der Waals surface area contributed by atoms with E-state index in [-0.39, 0.29) is 0 Å². The normalized spacial score (nSPS) is 10.8. The number of aryl methyl sites for hydroxylation is 1. The van der Waals surface area contributed by atoms with Crippen LogP contribution in [-0.2, 0) is 13.5 Å². The summed E-state index contributed by atoms with van der Waals surface area (Å²) >= 11 is 0. The van der Waals surface area contributed by atoms with Gasteiger partial charge < -0.3 is 10.5 Å². The minimum atomic E-state index is 0.585. The fourth-order valence-corrected chi connectivity index (χ4v) is 2.17. The molecule has 0 radical (unpaired) electrons. The highest BCUT2D eigenvalue weighted by atomic mass is 16.5. The van der Waals surface area contributed by atoms with Gasteiger partial charge in [0.2, 0.25) is 0 Å². The molecule has 2 N–H and O–H groups in total. The largest absolute Gasteiger partial charge is 0.491 e. The van der Waals surface area contributed by atoms with Crippen LogP contribution in [0.1, 0.15) is 5.56 Å². The Bertz CT molecular complexity index is 736. The number of anilines is 1. The molecule has 1 aromatic carbocycles. The summed E-state index contributed by atoms with van der Waals surface area (Å²) in [6.45, 7) is 0.585. The molecule has 5 nitrogen and oxygen atoms in total. The number of benzene rings is 1. The fourth-order valence-electron chi connectivity index (χ4n) is 2.17. The Balaban J connectivity index is 1.76. The molecule has 2 heterocycles. The van der Waals surface area contributed by atoms with E-state index in [4.69, 9.17) is 10.5 Å². The maximum absolute atomic E-state index is 5.94. The second-order valence-corrected chi connectivity index (χ2v) is 4.67. The SMILES string of the molecule is Cn1cc(CCOc2ccc(N)c3cccnc23)cn1. The monoisotopic (exact) mass is 268 g/mol. The van der Waals surface area contributed by atoms with Crippen LogP contribution in [0.4, 0.5) is 5.69 Å². The highest BCUT2D eigenvalue weighted by molar-refractivity contribution is 5.94. The third-order valence-corrected chi connectivity index (χ3v) is 3.17. The molecule has 0 fully saturated rings. The fraction of sp³-hybridized carbons (Fsp3) is 0.200. The molecule has 0 aliphatic rings. The van der Waals surface area contributed by atoms with Crippen molar-refractivity contribution in [2.24, 2.45) is 7.05 Å². The molecule has 0 aliphatic heterocycles. The highest BCUT2D eigenvalue weighted by Crippen LogP contribution is 2.28. The van der Waals surface area contributed by atoms with Gasteiger partial charge in [-0.3, -0.25) is 9.67 Å². The summed E-state index contributed by atoms with van der Waals surface area (Å²) in [6.07, 6.45) is 6.40. The summed E-state index contributed by atoms with van der Waals surface area (Å²) in [5.74, 6) is 0.763. The molecular formula is C15H16N4O. The number of nitrogen functional groups attached to an aromatic ring is 1. The molecule has 0 spiro atoms. The van der Waals surface area contributed by atoms with E-state index in [1.807, 2.05) is 43.7 Å². The number of hydrogen-bond donors (Lipinski definition) is 1. The van der Waals surface area contributed by atoms with Gasteiger partial charge in [0.25, 0.3) is 0 Å². The molecule has 3 rings (SSSR count). The van der Waals surface area contributed by atoms with E-state index in [1.165, 1.54) is 0 Å². The molecule has 0 bridgehead atoms. The molecule has 0 aliphatic carbocycles. The van der Waals surface area contributed by atoms with Crippen LogP contribution in [0.15, 0.2) is 42.9 Å². The van der Waals surface area contributed by atoms with Gasteiger partial charge in [-0.05, 0) is 29.8 Å². The Morgan fingerprint density at radius 2 is 2.20 bits per heavy atom. The van der Waals surface area contributed by atoms with Crippen LogP contribution in [0.25, 0.3) is 10.9 Å². The number of ether oxygens (including phenoxy) is 1. The van der Waals surface area contributed by atoms with Crippen molar-refractivity contribution in [3.63, 3.8) is 0 Å². The van der Waals surface area contributed by atoms with Gasteiger partial charge in [-0.1, -0.05) is 0 Å². The highest BCUT2D eigenvalue weighted by Gasteiger charge is 2.06. The van der Waals surface area contributed by atoms with Gasteiger partial charge in [0.15, 0.2) is 0 Å². The average Bonchev–Trinajstić information content (AvgIpc) is 2.87. The minimum absolute atomic E-state index is 0.585. The average molecular weight is 268 g/mol. The summed E-state index contributed by atoms with van der Waals surface area (Å²) in [4.78, 5) is 4.35. The molecule has 5 heteroatoms. The molecule has 0 amide bonds. The van der Waals surface area contributed by atoms with Crippen LogP contribution in [0.5, 0.6) is 5.75 Å². The van der Waals surface area contributed by atoms with E-state index >= 15 is 0 Å². The van der Waals surface area contributed by atoms with Gasteiger partial charge in [-0.2, -0.15) is 5.10 Å². The van der Waals surface area contributed by atoms with Crippen molar-refractivity contribution in [1.29, 1.82) is 0 Å². The molecule has 3 aromatic rings. The predicted molar refractivity (Wildman–Crippen MR) is 78.6 cm³/mol. The predicted octanol–water partition coefficient (Wildman–Crippen LogP) is 2.17. The van der Waals surface area contributed by atoms with Crippen molar-refractivity contribution < 1.29 is 4.74 Å². The Morgan fingerprint density at radius 1 is 1.30 bits per heavy atom. The van der Waals surface area contributed by atoms with Crippen LogP contribution in [-0.4, -0.2) is 21.4 Å². The van der Waals surface area contributed by atoms with Crippen LogP contribution >= 0.6 is 0 Å². The first-order chi connectivity index (χ1) is 9.74. The second kappa shape index (κ2) is 5.21. The van der Waals surface area contributed by atoms with E-state index < -0.39 is 0 Å². The molecule has 20 heavy (non-hydrogen) atoms. The molecular weight excluding hydrogens is 252 g/mol. The van der Waals surface area contributed by atoms with Gasteiger partial charge in [-0.15, -0.1) is 0 Å². The Labute approximate surface area is 117 Å². The second-order valence-electron chi connectivity index (χ2n) is 4.67. The third-order valence-electron chi connectivity index (χ3n) is 3.17. The van der Waals surface area contributed by atoms with E-state index in [1.54, 1.807) is 10.9 Å². The van der Waals surface area contributed by atoms with E-state index in [0.29, 0.717) is 12.3 Å². The van der Waals surface area contributed by atoms with Gasteiger partial charge in [0.1, 0.15) is 11.3 Å². The summed E-state index contributed by atoms with van der Waals surface area (Å²) in [7, 11) is 1.90. The zero-order chi connectivity index (χ0) is 13.9.